The monoisotopic (exact) mass is 1230 g/mol. The lowest BCUT2D eigenvalue weighted by Gasteiger charge is -2.30. The number of benzene rings is 3. The third kappa shape index (κ3) is 13.9. The first-order valence-electron chi connectivity index (χ1n) is 29.1. The average molecular weight is 1230 g/mol. The molecule has 4 heterocycles. The van der Waals surface area contributed by atoms with E-state index in [0.29, 0.717) is 73.5 Å². The first kappa shape index (κ1) is 62.1. The number of ether oxygens (including phenoxy) is 5. The Kier molecular flexibility index (Phi) is 17.6. The van der Waals surface area contributed by atoms with E-state index in [-0.39, 0.29) is 50.0 Å². The van der Waals surface area contributed by atoms with Crippen LogP contribution in [0.25, 0.3) is 21.5 Å². The molecule has 4 saturated carbocycles. The van der Waals surface area contributed by atoms with E-state index in [1.165, 1.54) is 4.90 Å². The fraction of sp³-hybridized carbons (Fsp3) is 0.460. The zero-order valence-electron chi connectivity index (χ0n) is 49.2. The lowest BCUT2D eigenvalue weighted by Crippen LogP contribution is -2.49. The Hall–Kier alpha value is -7.96. The SMILES string of the molecule is C=C[C@@H]1C[C@]1(CC(=O)[C@@H]1C[C@@H](Oc2nccc3cc(OC)ccc23)CN1)C(=O)NS(=O)(=O)C1CC1.C=C[C@@H]1C[C@]1(CC(=O)[C@@H]1C[C@@H](Oc2nccc3cc(OC)ccc23)CN1C(=O)[C@@H](NC(=O)OC(C)(C)C)c1ccccc1)C(=O)NS(=O)(=O)C1CC1. The van der Waals surface area contributed by atoms with Crippen LogP contribution in [0.15, 0.2) is 117 Å². The highest BCUT2D eigenvalue weighted by molar-refractivity contribution is 7.91. The number of alkyl carbamates (subject to hydrolysis) is 1. The zero-order chi connectivity index (χ0) is 62.2. The Morgan fingerprint density at radius 3 is 1.68 bits per heavy atom. The van der Waals surface area contributed by atoms with Crippen molar-refractivity contribution in [3.63, 3.8) is 0 Å². The molecule has 4 amide bonds. The zero-order valence-corrected chi connectivity index (χ0v) is 50.8. The molecule has 2 aliphatic heterocycles. The maximum atomic E-state index is 14.6. The van der Waals surface area contributed by atoms with Crippen LogP contribution < -0.4 is 39.0 Å². The van der Waals surface area contributed by atoms with Gasteiger partial charge in [-0.05, 0) is 136 Å². The quantitative estimate of drug-likeness (QED) is 0.0493. The van der Waals surface area contributed by atoms with Crippen molar-refractivity contribution in [1.82, 2.24) is 34.9 Å². The van der Waals surface area contributed by atoms with E-state index in [9.17, 15) is 45.6 Å². The number of nitrogens with zero attached hydrogens (tertiary/aromatic N) is 3. The summed E-state index contributed by atoms with van der Waals surface area (Å²) < 4.78 is 83.1. The molecular weight excluding hydrogens is 1160 g/mol. The van der Waals surface area contributed by atoms with Crippen LogP contribution in [0.2, 0.25) is 0 Å². The second kappa shape index (κ2) is 24.7. The normalized spacial score (nSPS) is 25.1. The molecule has 2 aromatic heterocycles. The Bertz CT molecular complexity index is 3760. The Morgan fingerprint density at radius 1 is 0.701 bits per heavy atom. The van der Waals surface area contributed by atoms with Crippen molar-refractivity contribution in [3.05, 3.63) is 122 Å². The minimum absolute atomic E-state index is 0.0353. The van der Waals surface area contributed by atoms with E-state index in [1.807, 2.05) is 42.5 Å². The van der Waals surface area contributed by atoms with Crippen LogP contribution in [0.3, 0.4) is 0 Å². The molecule has 24 heteroatoms. The number of ketones is 2. The third-order valence-corrected chi connectivity index (χ3v) is 20.6. The van der Waals surface area contributed by atoms with Crippen LogP contribution in [-0.2, 0) is 48.8 Å². The number of Topliss-reactive ketones (excluding diaryl/α,β-unsaturated/α-hetero) is 2. The van der Waals surface area contributed by atoms with Gasteiger partial charge in [0.05, 0.1) is 54.2 Å². The maximum absolute atomic E-state index is 14.6. The molecule has 0 radical (unpaired) electrons. The molecule has 0 bridgehead atoms. The number of allylic oxidation sites excluding steroid dienone is 2. The van der Waals surface area contributed by atoms with Gasteiger partial charge in [-0.25, -0.2) is 31.6 Å². The van der Waals surface area contributed by atoms with Crippen LogP contribution >= 0.6 is 0 Å². The first-order chi connectivity index (χ1) is 41.4. The number of hydrogen-bond donors (Lipinski definition) is 4. The number of sulfonamides is 2. The fourth-order valence-electron chi connectivity index (χ4n) is 11.6. The number of rotatable bonds is 23. The smallest absolute Gasteiger partial charge is 0.408 e. The van der Waals surface area contributed by atoms with Crippen LogP contribution in [0.5, 0.6) is 23.3 Å². The number of fused-ring (bicyclic) bond motifs is 2. The summed E-state index contributed by atoms with van der Waals surface area (Å²) in [5.74, 6) is -0.957. The number of nitrogens with one attached hydrogen (secondary N) is 4. The van der Waals surface area contributed by atoms with Gasteiger partial charge in [0.2, 0.25) is 43.6 Å². The van der Waals surface area contributed by atoms with Crippen molar-refractivity contribution in [2.45, 2.75) is 131 Å². The van der Waals surface area contributed by atoms with E-state index in [2.05, 4.69) is 43.2 Å². The van der Waals surface area contributed by atoms with Gasteiger partial charge in [0.1, 0.15) is 35.3 Å². The van der Waals surface area contributed by atoms with Crippen molar-refractivity contribution < 1.29 is 69.3 Å². The fourth-order valence-corrected chi connectivity index (χ4v) is 14.4. The second-order valence-corrected chi connectivity index (χ2v) is 28.3. The summed E-state index contributed by atoms with van der Waals surface area (Å²) in [5, 5.41) is 8.05. The minimum Gasteiger partial charge on any atom is -0.497 e. The molecule has 9 atom stereocenters. The van der Waals surface area contributed by atoms with Gasteiger partial charge in [0, 0.05) is 55.4 Å². The van der Waals surface area contributed by atoms with Crippen LogP contribution in [0.4, 0.5) is 4.79 Å². The number of carbonyl (C=O) groups is 6. The minimum atomic E-state index is -3.87. The number of carbonyl (C=O) groups excluding carboxylic acids is 6. The molecule has 87 heavy (non-hydrogen) atoms. The number of amides is 4. The second-order valence-electron chi connectivity index (χ2n) is 24.4. The number of hydrogen-bond acceptors (Lipinski definition) is 18. The highest BCUT2D eigenvalue weighted by Gasteiger charge is 2.62. The van der Waals surface area contributed by atoms with E-state index < -0.39 is 107 Å². The predicted molar refractivity (Wildman–Crippen MR) is 321 cm³/mol. The molecule has 22 nitrogen and oxygen atoms in total. The van der Waals surface area contributed by atoms with Crippen molar-refractivity contribution >= 4 is 77.0 Å². The largest absolute Gasteiger partial charge is 0.497 e. The molecule has 2 saturated heterocycles. The summed E-state index contributed by atoms with van der Waals surface area (Å²) in [4.78, 5) is 91.8. The van der Waals surface area contributed by atoms with E-state index in [0.717, 1.165) is 21.9 Å². The molecule has 4 aliphatic carbocycles. The molecule has 11 rings (SSSR count). The summed E-state index contributed by atoms with van der Waals surface area (Å²) in [5.41, 5.74) is -2.74. The van der Waals surface area contributed by atoms with Crippen molar-refractivity contribution in [2.24, 2.45) is 22.7 Å². The summed E-state index contributed by atoms with van der Waals surface area (Å²) in [6.45, 7) is 13.1. The van der Waals surface area contributed by atoms with Crippen LogP contribution in [-0.4, -0.2) is 135 Å². The molecular formula is C63H73N7O15S2. The van der Waals surface area contributed by atoms with Gasteiger partial charge in [-0.1, -0.05) is 42.5 Å². The number of aromatic nitrogens is 2. The Labute approximate surface area is 505 Å². The molecule has 6 aliphatic rings. The maximum Gasteiger partial charge on any atom is 0.408 e. The van der Waals surface area contributed by atoms with Crippen molar-refractivity contribution in [1.29, 1.82) is 0 Å². The number of likely N-dealkylation sites (tertiary alicyclic amines) is 1. The van der Waals surface area contributed by atoms with E-state index in [1.54, 1.807) is 95.9 Å². The first-order valence-corrected chi connectivity index (χ1v) is 32.2. The summed E-state index contributed by atoms with van der Waals surface area (Å²) in [7, 11) is -4.37. The van der Waals surface area contributed by atoms with Crippen molar-refractivity contribution in [3.8, 4) is 23.3 Å². The molecule has 5 aromatic rings. The molecule has 462 valence electrons. The topological polar surface area (TPSA) is 294 Å². The predicted octanol–water partition coefficient (Wildman–Crippen LogP) is 6.73. The lowest BCUT2D eigenvalue weighted by molar-refractivity contribution is -0.140. The van der Waals surface area contributed by atoms with Crippen molar-refractivity contribution in [2.75, 3.05) is 27.3 Å². The molecule has 0 spiro atoms. The van der Waals surface area contributed by atoms with Crippen LogP contribution in [0, 0.1) is 22.7 Å². The third-order valence-electron chi connectivity index (χ3n) is 17.0. The Morgan fingerprint density at radius 2 is 1.21 bits per heavy atom. The Balaban J connectivity index is 0.000000208. The van der Waals surface area contributed by atoms with Crippen LogP contribution in [0.1, 0.15) is 96.6 Å². The van der Waals surface area contributed by atoms with Gasteiger partial charge in [-0.15, -0.1) is 13.2 Å². The summed E-state index contributed by atoms with van der Waals surface area (Å²) in [6, 6.07) is 20.6. The number of methoxy groups -OCH3 is 2. The average Bonchev–Trinajstić information content (AvgIpc) is 1.90. The van der Waals surface area contributed by atoms with E-state index >= 15 is 0 Å². The summed E-state index contributed by atoms with van der Waals surface area (Å²) >= 11 is 0. The van der Waals surface area contributed by atoms with Gasteiger partial charge in [0.15, 0.2) is 11.6 Å². The molecule has 3 aromatic carbocycles. The van der Waals surface area contributed by atoms with Gasteiger partial charge >= 0.3 is 6.09 Å². The van der Waals surface area contributed by atoms with Gasteiger partial charge in [-0.2, -0.15) is 0 Å². The van der Waals surface area contributed by atoms with E-state index in [4.69, 9.17) is 23.7 Å². The molecule has 6 fully saturated rings. The summed E-state index contributed by atoms with van der Waals surface area (Å²) in [6.07, 6.45) is 7.52. The van der Waals surface area contributed by atoms with Gasteiger partial charge in [-0.3, -0.25) is 33.4 Å². The van der Waals surface area contributed by atoms with Gasteiger partial charge in [0.25, 0.3) is 5.91 Å². The molecule has 4 N–H and O–H groups in total. The highest BCUT2D eigenvalue weighted by Crippen LogP contribution is 2.58. The number of pyridine rings is 2. The standard InChI is InChI=1S/C38H44N4O9S.C25H29N3O6S/c1-6-25-20-38(25,35(45)41-52(47,48)28-13-14-28)21-31(43)30-19-27(50-33-29-15-12-26(49-5)18-24(29)16-17-39-33)22-42(30)34(44)32(23-10-8-7-9-11-23)40-36(46)51-37(2,3)4;1-3-16-12-25(16,24(30)28-35(31,32)19-5-6-19)13-22(29)21-11-18(14-27-21)34-23-20-7-4-17(33-2)10-15(20)8-9-26-23/h6-12,15-18,25,27-28,30,32H,1,13-14,19-22H2,2-5H3,(H,40,46)(H,41,45);3-4,7-10,16,18-19,21,27H,1,5-6,11-14H2,2H3,(H,28,30)/t25-,27-,30+,32+,38-;16-,18-,21+,25-/m11/s1. The highest BCUT2D eigenvalue weighted by atomic mass is 32.2. The lowest BCUT2D eigenvalue weighted by atomic mass is 9.91. The van der Waals surface area contributed by atoms with Gasteiger partial charge < -0.3 is 39.2 Å². The molecule has 0 unspecified atom stereocenters.